The largest absolute Gasteiger partial charge is 0.352 e. The third-order valence-electron chi connectivity index (χ3n) is 2.85. The van der Waals surface area contributed by atoms with Gasteiger partial charge in [0.05, 0.1) is 4.90 Å². The second kappa shape index (κ2) is 7.37. The maximum Gasteiger partial charge on any atom is 0.242 e. The van der Waals surface area contributed by atoms with Gasteiger partial charge in [-0.15, -0.1) is 0 Å². The predicted octanol–water partition coefficient (Wildman–Crippen LogP) is 0.292. The Bertz CT molecular complexity index is 540. The monoisotopic (exact) mass is 299 g/mol. The number of hydrogen-bond donors (Lipinski definition) is 2. The van der Waals surface area contributed by atoms with E-state index in [-0.39, 0.29) is 10.8 Å². The van der Waals surface area contributed by atoms with E-state index in [4.69, 9.17) is 5.73 Å². The topological polar surface area (TPSA) is 92.5 Å². The molecule has 1 amide bonds. The average molecular weight is 299 g/mol. The van der Waals surface area contributed by atoms with Gasteiger partial charge in [-0.3, -0.25) is 4.79 Å². The van der Waals surface area contributed by atoms with Crippen molar-refractivity contribution in [2.45, 2.75) is 24.8 Å². The minimum absolute atomic E-state index is 0.122. The molecule has 1 aromatic carbocycles. The quantitative estimate of drug-likeness (QED) is 0.757. The third-order valence-corrected chi connectivity index (χ3v) is 4.72. The van der Waals surface area contributed by atoms with Crippen LogP contribution in [0.15, 0.2) is 29.2 Å². The number of benzene rings is 1. The van der Waals surface area contributed by atoms with Gasteiger partial charge in [-0.1, -0.05) is 12.1 Å². The lowest BCUT2D eigenvalue weighted by atomic mass is 10.2. The van der Waals surface area contributed by atoms with Gasteiger partial charge in [-0.25, -0.2) is 12.7 Å². The minimum Gasteiger partial charge on any atom is -0.352 e. The first kappa shape index (κ1) is 16.6. The number of sulfonamides is 1. The summed E-state index contributed by atoms with van der Waals surface area (Å²) in [6, 6.07) is 6.48. The zero-order chi connectivity index (χ0) is 15.2. The zero-order valence-electron chi connectivity index (χ0n) is 11.8. The van der Waals surface area contributed by atoms with Crippen LogP contribution in [0.5, 0.6) is 0 Å². The van der Waals surface area contributed by atoms with Gasteiger partial charge >= 0.3 is 0 Å². The summed E-state index contributed by atoms with van der Waals surface area (Å²) in [5.41, 5.74) is 6.23. The van der Waals surface area contributed by atoms with E-state index in [1.807, 2.05) is 0 Å². The molecule has 1 aromatic rings. The van der Waals surface area contributed by atoms with Crippen LogP contribution in [0.3, 0.4) is 0 Å². The Morgan fingerprint density at radius 2 is 1.90 bits per heavy atom. The molecule has 0 radical (unpaired) electrons. The van der Waals surface area contributed by atoms with Crippen molar-refractivity contribution in [1.29, 1.82) is 0 Å². The van der Waals surface area contributed by atoms with Gasteiger partial charge in [0.1, 0.15) is 0 Å². The number of nitrogens with one attached hydrogen (secondary N) is 1. The first-order chi connectivity index (χ1) is 9.37. The summed E-state index contributed by atoms with van der Waals surface area (Å²) in [6.45, 7) is 2.67. The van der Waals surface area contributed by atoms with Crippen molar-refractivity contribution in [3.63, 3.8) is 0 Å². The van der Waals surface area contributed by atoms with Gasteiger partial charge < -0.3 is 11.1 Å². The van der Waals surface area contributed by atoms with Crippen molar-refractivity contribution < 1.29 is 13.2 Å². The Balaban J connectivity index is 2.78. The Morgan fingerprint density at radius 1 is 1.30 bits per heavy atom. The van der Waals surface area contributed by atoms with Crippen LogP contribution < -0.4 is 11.1 Å². The second-order valence-corrected chi connectivity index (χ2v) is 6.57. The number of amides is 1. The second-order valence-electron chi connectivity index (χ2n) is 4.52. The summed E-state index contributed by atoms with van der Waals surface area (Å²) in [5.74, 6) is -0.122. The molecule has 0 saturated heterocycles. The van der Waals surface area contributed by atoms with E-state index in [9.17, 15) is 13.2 Å². The molecule has 0 bridgehead atoms. The number of hydrogen-bond acceptors (Lipinski definition) is 4. The van der Waals surface area contributed by atoms with Gasteiger partial charge in [-0.05, 0) is 30.7 Å². The lowest BCUT2D eigenvalue weighted by Gasteiger charge is -2.17. The molecule has 0 fully saturated rings. The van der Waals surface area contributed by atoms with E-state index in [0.29, 0.717) is 26.1 Å². The molecule has 0 aliphatic carbocycles. The predicted molar refractivity (Wildman–Crippen MR) is 77.4 cm³/mol. The molecule has 0 heterocycles. The molecule has 1 rings (SSSR count). The molecule has 20 heavy (non-hydrogen) atoms. The van der Waals surface area contributed by atoms with E-state index in [1.54, 1.807) is 24.3 Å². The van der Waals surface area contributed by atoms with Crippen molar-refractivity contribution in [3.8, 4) is 0 Å². The normalized spacial score (nSPS) is 11.6. The van der Waals surface area contributed by atoms with Crippen LogP contribution in [0, 0.1) is 0 Å². The Hall–Kier alpha value is -1.44. The summed E-state index contributed by atoms with van der Waals surface area (Å²) in [4.78, 5) is 11.0. The SMILES string of the molecule is CC(=O)NCc1ccc(S(=O)(=O)N(C)CCCN)cc1. The molecule has 0 aliphatic heterocycles. The lowest BCUT2D eigenvalue weighted by molar-refractivity contribution is -0.119. The molecule has 0 atom stereocenters. The molecular formula is C13H21N3O3S. The van der Waals surface area contributed by atoms with Crippen LogP contribution in [-0.4, -0.2) is 38.8 Å². The maximum atomic E-state index is 12.2. The number of rotatable bonds is 7. The smallest absolute Gasteiger partial charge is 0.242 e. The van der Waals surface area contributed by atoms with Crippen molar-refractivity contribution in [3.05, 3.63) is 29.8 Å². The highest BCUT2D eigenvalue weighted by Crippen LogP contribution is 2.15. The maximum absolute atomic E-state index is 12.2. The van der Waals surface area contributed by atoms with Gasteiger partial charge in [0, 0.05) is 27.1 Å². The number of nitrogens with two attached hydrogens (primary N) is 1. The molecule has 3 N–H and O–H groups in total. The minimum atomic E-state index is -3.47. The Labute approximate surface area is 120 Å². The molecular weight excluding hydrogens is 278 g/mol. The van der Waals surface area contributed by atoms with Crippen molar-refractivity contribution in [2.75, 3.05) is 20.1 Å². The highest BCUT2D eigenvalue weighted by Gasteiger charge is 2.19. The van der Waals surface area contributed by atoms with Crippen molar-refractivity contribution >= 4 is 15.9 Å². The summed E-state index contributed by atoms with van der Waals surface area (Å²) >= 11 is 0. The standard InChI is InChI=1S/C13H21N3O3S/c1-11(17)15-10-12-4-6-13(7-5-12)20(18,19)16(2)9-3-8-14/h4-7H,3,8-10,14H2,1-2H3,(H,15,17). The number of carbonyl (C=O) groups is 1. The van der Waals surface area contributed by atoms with Gasteiger partial charge in [0.15, 0.2) is 0 Å². The first-order valence-electron chi connectivity index (χ1n) is 6.37. The summed E-state index contributed by atoms with van der Waals surface area (Å²) in [7, 11) is -1.93. The van der Waals surface area contributed by atoms with Gasteiger partial charge in [0.2, 0.25) is 15.9 Å². The molecule has 0 aliphatic rings. The summed E-state index contributed by atoms with van der Waals surface area (Å²) in [5, 5.41) is 2.66. The number of nitrogens with zero attached hydrogens (tertiary/aromatic N) is 1. The van der Waals surface area contributed by atoms with Crippen molar-refractivity contribution in [1.82, 2.24) is 9.62 Å². The van der Waals surface area contributed by atoms with E-state index in [2.05, 4.69) is 5.32 Å². The highest BCUT2D eigenvalue weighted by atomic mass is 32.2. The van der Waals surface area contributed by atoms with E-state index in [0.717, 1.165) is 5.56 Å². The molecule has 0 saturated carbocycles. The number of carbonyl (C=O) groups excluding carboxylic acids is 1. The molecule has 6 nitrogen and oxygen atoms in total. The van der Waals surface area contributed by atoms with Crippen LogP contribution in [0.2, 0.25) is 0 Å². The van der Waals surface area contributed by atoms with Crippen LogP contribution >= 0.6 is 0 Å². The Kier molecular flexibility index (Phi) is 6.12. The molecule has 112 valence electrons. The Morgan fingerprint density at radius 3 is 2.40 bits per heavy atom. The van der Waals surface area contributed by atoms with E-state index < -0.39 is 10.0 Å². The van der Waals surface area contributed by atoms with Crippen LogP contribution in [0.4, 0.5) is 0 Å². The first-order valence-corrected chi connectivity index (χ1v) is 7.81. The fraction of sp³-hybridized carbons (Fsp3) is 0.462. The lowest BCUT2D eigenvalue weighted by Crippen LogP contribution is -2.29. The van der Waals surface area contributed by atoms with Crippen LogP contribution in [-0.2, 0) is 21.4 Å². The average Bonchev–Trinajstić information content (AvgIpc) is 2.42. The third kappa shape index (κ3) is 4.59. The summed E-state index contributed by atoms with van der Waals surface area (Å²) < 4.78 is 25.8. The van der Waals surface area contributed by atoms with Crippen LogP contribution in [0.25, 0.3) is 0 Å². The fourth-order valence-corrected chi connectivity index (χ4v) is 2.83. The summed E-state index contributed by atoms with van der Waals surface area (Å²) in [6.07, 6.45) is 0.621. The molecule has 0 aromatic heterocycles. The zero-order valence-corrected chi connectivity index (χ0v) is 12.6. The molecule has 0 spiro atoms. The van der Waals surface area contributed by atoms with Crippen LogP contribution in [0.1, 0.15) is 18.9 Å². The highest BCUT2D eigenvalue weighted by molar-refractivity contribution is 7.89. The van der Waals surface area contributed by atoms with Gasteiger partial charge in [0.25, 0.3) is 0 Å². The van der Waals surface area contributed by atoms with E-state index >= 15 is 0 Å². The van der Waals surface area contributed by atoms with E-state index in [1.165, 1.54) is 18.3 Å². The van der Waals surface area contributed by atoms with Gasteiger partial charge in [-0.2, -0.15) is 0 Å². The fourth-order valence-electron chi connectivity index (χ4n) is 1.62. The van der Waals surface area contributed by atoms with Crippen molar-refractivity contribution in [2.24, 2.45) is 5.73 Å². The molecule has 0 unspecified atom stereocenters. The molecule has 7 heteroatoms.